The Bertz CT molecular complexity index is 825. The minimum atomic E-state index is -0.0926. The van der Waals surface area contributed by atoms with Gasteiger partial charge in [0.1, 0.15) is 5.52 Å². The fourth-order valence-electron chi connectivity index (χ4n) is 2.70. The number of likely N-dealkylation sites (N-methyl/N-ethyl adjacent to an activating group) is 1. The fraction of sp³-hybridized carbons (Fsp3) is 0.353. The molecule has 0 saturated heterocycles. The highest BCUT2D eigenvalue weighted by Crippen LogP contribution is 2.20. The Labute approximate surface area is 145 Å². The first kappa shape index (κ1) is 16.6. The van der Waals surface area contributed by atoms with E-state index in [0.717, 1.165) is 17.6 Å². The molecule has 3 aromatic rings. The summed E-state index contributed by atoms with van der Waals surface area (Å²) in [6.45, 7) is 3.33. The SMILES string of the molecule is CCn1nnc2cc(C(=O)NC[C@H](c3ccsc3)N(C)C)ccc21. The largest absolute Gasteiger partial charge is 0.350 e. The lowest BCUT2D eigenvalue weighted by Gasteiger charge is -2.24. The number of nitrogens with one attached hydrogen (secondary N) is 1. The van der Waals surface area contributed by atoms with Gasteiger partial charge in [0, 0.05) is 18.7 Å². The third-order valence-electron chi connectivity index (χ3n) is 4.08. The molecular formula is C17H21N5OS. The van der Waals surface area contributed by atoms with Crippen LogP contribution in [0.25, 0.3) is 11.0 Å². The van der Waals surface area contributed by atoms with Crippen molar-refractivity contribution >= 4 is 28.3 Å². The number of fused-ring (bicyclic) bond motifs is 1. The van der Waals surface area contributed by atoms with Crippen molar-refractivity contribution in [3.63, 3.8) is 0 Å². The van der Waals surface area contributed by atoms with Gasteiger partial charge in [-0.15, -0.1) is 5.10 Å². The Balaban J connectivity index is 1.72. The average molecular weight is 343 g/mol. The number of benzene rings is 1. The minimum absolute atomic E-state index is 0.0926. The lowest BCUT2D eigenvalue weighted by atomic mass is 10.1. The van der Waals surface area contributed by atoms with Crippen LogP contribution in [-0.2, 0) is 6.54 Å². The molecule has 2 aromatic heterocycles. The van der Waals surface area contributed by atoms with Crippen molar-refractivity contribution in [1.29, 1.82) is 0 Å². The zero-order valence-corrected chi connectivity index (χ0v) is 14.9. The molecule has 0 aliphatic carbocycles. The van der Waals surface area contributed by atoms with E-state index in [2.05, 4.69) is 37.4 Å². The van der Waals surface area contributed by atoms with Crippen molar-refractivity contribution in [2.45, 2.75) is 19.5 Å². The molecular weight excluding hydrogens is 322 g/mol. The second-order valence-corrected chi connectivity index (χ2v) is 6.63. The van der Waals surface area contributed by atoms with Crippen molar-refractivity contribution in [1.82, 2.24) is 25.2 Å². The Morgan fingerprint density at radius 2 is 2.21 bits per heavy atom. The predicted octanol–water partition coefficient (Wildman–Crippen LogP) is 2.55. The molecule has 0 bridgehead atoms. The molecule has 3 rings (SSSR count). The van der Waals surface area contributed by atoms with E-state index >= 15 is 0 Å². The smallest absolute Gasteiger partial charge is 0.251 e. The summed E-state index contributed by atoms with van der Waals surface area (Å²) in [6, 6.07) is 7.76. The summed E-state index contributed by atoms with van der Waals surface area (Å²) in [5, 5.41) is 15.4. The Morgan fingerprint density at radius 1 is 1.38 bits per heavy atom. The number of amides is 1. The molecule has 1 N–H and O–H groups in total. The van der Waals surface area contributed by atoms with Gasteiger partial charge in [0.05, 0.1) is 11.6 Å². The maximum absolute atomic E-state index is 12.5. The maximum Gasteiger partial charge on any atom is 0.251 e. The molecule has 1 atom stereocenters. The van der Waals surface area contributed by atoms with Gasteiger partial charge < -0.3 is 10.2 Å². The van der Waals surface area contributed by atoms with Gasteiger partial charge in [-0.25, -0.2) is 4.68 Å². The highest BCUT2D eigenvalue weighted by Gasteiger charge is 2.17. The molecule has 1 amide bonds. The summed E-state index contributed by atoms with van der Waals surface area (Å²) < 4.78 is 1.82. The first-order valence-corrected chi connectivity index (χ1v) is 8.84. The van der Waals surface area contributed by atoms with Crippen LogP contribution in [0.15, 0.2) is 35.0 Å². The number of nitrogens with zero attached hydrogens (tertiary/aromatic N) is 4. The van der Waals surface area contributed by atoms with E-state index in [1.54, 1.807) is 17.4 Å². The van der Waals surface area contributed by atoms with Crippen LogP contribution in [0.2, 0.25) is 0 Å². The van der Waals surface area contributed by atoms with Crippen LogP contribution in [0.5, 0.6) is 0 Å². The molecule has 0 fully saturated rings. The molecule has 0 aliphatic rings. The number of hydrogen-bond donors (Lipinski definition) is 1. The van der Waals surface area contributed by atoms with E-state index in [4.69, 9.17) is 0 Å². The van der Waals surface area contributed by atoms with E-state index in [1.165, 1.54) is 5.56 Å². The highest BCUT2D eigenvalue weighted by molar-refractivity contribution is 7.07. The van der Waals surface area contributed by atoms with E-state index in [0.29, 0.717) is 12.1 Å². The molecule has 0 radical (unpaired) electrons. The van der Waals surface area contributed by atoms with E-state index in [9.17, 15) is 4.79 Å². The number of thiophene rings is 1. The number of aromatic nitrogens is 3. The van der Waals surface area contributed by atoms with Gasteiger partial charge in [-0.05, 0) is 61.6 Å². The summed E-state index contributed by atoms with van der Waals surface area (Å²) in [5.74, 6) is -0.0926. The summed E-state index contributed by atoms with van der Waals surface area (Å²) in [4.78, 5) is 14.6. The number of aryl methyl sites for hydroxylation is 1. The molecule has 0 aliphatic heterocycles. The van der Waals surface area contributed by atoms with E-state index in [-0.39, 0.29) is 11.9 Å². The first-order chi connectivity index (χ1) is 11.6. The summed E-state index contributed by atoms with van der Waals surface area (Å²) in [6.07, 6.45) is 0. The van der Waals surface area contributed by atoms with Gasteiger partial charge in [0.25, 0.3) is 5.91 Å². The summed E-state index contributed by atoms with van der Waals surface area (Å²) in [5.41, 5.74) is 3.50. The third kappa shape index (κ3) is 3.32. The van der Waals surface area contributed by atoms with Gasteiger partial charge >= 0.3 is 0 Å². The number of hydrogen-bond acceptors (Lipinski definition) is 5. The van der Waals surface area contributed by atoms with E-state index < -0.39 is 0 Å². The lowest BCUT2D eigenvalue weighted by molar-refractivity contribution is 0.0942. The van der Waals surface area contributed by atoms with Crippen molar-refractivity contribution in [3.05, 3.63) is 46.2 Å². The summed E-state index contributed by atoms with van der Waals surface area (Å²) in [7, 11) is 4.03. The van der Waals surface area contributed by atoms with Crippen molar-refractivity contribution in [2.24, 2.45) is 0 Å². The zero-order valence-electron chi connectivity index (χ0n) is 14.1. The van der Waals surface area contributed by atoms with Crippen LogP contribution >= 0.6 is 11.3 Å². The standard InChI is InChI=1S/C17H21N5OS/c1-4-22-15-6-5-12(9-14(15)19-20-22)17(23)18-10-16(21(2)3)13-7-8-24-11-13/h5-9,11,16H,4,10H2,1-3H3,(H,18,23)/t16-/m1/s1. The molecule has 24 heavy (non-hydrogen) atoms. The van der Waals surface area contributed by atoms with Crippen LogP contribution in [-0.4, -0.2) is 46.4 Å². The van der Waals surface area contributed by atoms with E-state index in [1.807, 2.05) is 37.8 Å². The van der Waals surface area contributed by atoms with Crippen LogP contribution < -0.4 is 5.32 Å². The molecule has 0 saturated carbocycles. The fourth-order valence-corrected chi connectivity index (χ4v) is 3.41. The molecule has 126 valence electrons. The highest BCUT2D eigenvalue weighted by atomic mass is 32.1. The maximum atomic E-state index is 12.5. The van der Waals surface area contributed by atoms with Crippen molar-refractivity contribution < 1.29 is 4.79 Å². The number of rotatable bonds is 6. The average Bonchev–Trinajstić information content (AvgIpc) is 3.23. The predicted molar refractivity (Wildman–Crippen MR) is 96.3 cm³/mol. The van der Waals surface area contributed by atoms with Gasteiger partial charge in [0.15, 0.2) is 0 Å². The quantitative estimate of drug-likeness (QED) is 0.747. The van der Waals surface area contributed by atoms with Crippen LogP contribution in [0.3, 0.4) is 0 Å². The van der Waals surface area contributed by atoms with Gasteiger partial charge in [0.2, 0.25) is 0 Å². The second-order valence-electron chi connectivity index (χ2n) is 5.85. The third-order valence-corrected chi connectivity index (χ3v) is 4.78. The first-order valence-electron chi connectivity index (χ1n) is 7.90. The van der Waals surface area contributed by atoms with Crippen LogP contribution in [0, 0.1) is 0 Å². The topological polar surface area (TPSA) is 63.1 Å². The second kappa shape index (κ2) is 7.11. The molecule has 0 spiro atoms. The Hall–Kier alpha value is -2.25. The van der Waals surface area contributed by atoms with Crippen molar-refractivity contribution in [2.75, 3.05) is 20.6 Å². The van der Waals surface area contributed by atoms with Crippen molar-refractivity contribution in [3.8, 4) is 0 Å². The molecule has 1 aromatic carbocycles. The molecule has 6 nitrogen and oxygen atoms in total. The molecule has 2 heterocycles. The zero-order chi connectivity index (χ0) is 17.1. The Morgan fingerprint density at radius 3 is 2.88 bits per heavy atom. The Kier molecular flexibility index (Phi) is 4.92. The lowest BCUT2D eigenvalue weighted by Crippen LogP contribution is -2.34. The van der Waals surface area contributed by atoms with Gasteiger partial charge in [-0.1, -0.05) is 5.21 Å². The normalized spacial score (nSPS) is 12.7. The van der Waals surface area contributed by atoms with Gasteiger partial charge in [-0.3, -0.25) is 4.79 Å². The van der Waals surface area contributed by atoms with Gasteiger partial charge in [-0.2, -0.15) is 11.3 Å². The number of carbonyl (C=O) groups excluding carboxylic acids is 1. The summed E-state index contributed by atoms with van der Waals surface area (Å²) >= 11 is 1.66. The number of carbonyl (C=O) groups is 1. The monoisotopic (exact) mass is 343 g/mol. The van der Waals surface area contributed by atoms with Crippen LogP contribution in [0.4, 0.5) is 0 Å². The minimum Gasteiger partial charge on any atom is -0.350 e. The molecule has 7 heteroatoms. The van der Waals surface area contributed by atoms with Crippen LogP contribution in [0.1, 0.15) is 28.9 Å². The molecule has 0 unspecified atom stereocenters.